The van der Waals surface area contributed by atoms with Gasteiger partial charge in [0.25, 0.3) is 0 Å². The fourth-order valence-electron chi connectivity index (χ4n) is 3.83. The highest BCUT2D eigenvalue weighted by molar-refractivity contribution is 5.83. The van der Waals surface area contributed by atoms with E-state index in [4.69, 9.17) is 0 Å². The first-order chi connectivity index (χ1) is 11.6. The van der Waals surface area contributed by atoms with Crippen molar-refractivity contribution >= 4 is 5.91 Å². The van der Waals surface area contributed by atoms with Gasteiger partial charge in [0.15, 0.2) is 0 Å². The molecule has 5 heteroatoms. The summed E-state index contributed by atoms with van der Waals surface area (Å²) < 4.78 is 0. The predicted octanol–water partition coefficient (Wildman–Crippen LogP) is 1.35. The molecule has 5 nitrogen and oxygen atoms in total. The molecule has 0 aliphatic carbocycles. The van der Waals surface area contributed by atoms with Gasteiger partial charge >= 0.3 is 0 Å². The number of nitrogens with zero attached hydrogens (tertiary/aromatic N) is 3. The van der Waals surface area contributed by atoms with Crippen LogP contribution in [0.25, 0.3) is 0 Å². The Balaban J connectivity index is 1.72. The van der Waals surface area contributed by atoms with E-state index in [1.54, 1.807) is 0 Å². The van der Waals surface area contributed by atoms with E-state index in [2.05, 4.69) is 21.9 Å². The minimum Gasteiger partial charge on any atom is -0.392 e. The molecule has 0 bridgehead atoms. The molecule has 2 atom stereocenters. The van der Waals surface area contributed by atoms with Crippen LogP contribution in [0, 0.1) is 0 Å². The predicted molar refractivity (Wildman–Crippen MR) is 94.7 cm³/mol. The minimum atomic E-state index is -0.298. The van der Waals surface area contributed by atoms with Gasteiger partial charge in [0, 0.05) is 45.8 Å². The standard InChI is InChI=1S/C19H29N3O2/c1-16(23)15-20-11-13-21(14-12-20)18(17-7-3-2-4-8-17)19(24)22-9-5-6-10-22/h2-4,7-8,16,18,23H,5-6,9-15H2,1H3. The third-order valence-electron chi connectivity index (χ3n) is 5.06. The fourth-order valence-corrected chi connectivity index (χ4v) is 3.83. The van der Waals surface area contributed by atoms with Crippen molar-refractivity contribution in [3.63, 3.8) is 0 Å². The number of aliphatic hydroxyl groups excluding tert-OH is 1. The average Bonchev–Trinajstić information content (AvgIpc) is 3.12. The molecule has 2 unspecified atom stereocenters. The van der Waals surface area contributed by atoms with Crippen molar-refractivity contribution in [1.82, 2.24) is 14.7 Å². The zero-order valence-electron chi connectivity index (χ0n) is 14.6. The number of carbonyl (C=O) groups is 1. The maximum Gasteiger partial charge on any atom is 0.244 e. The summed E-state index contributed by atoms with van der Waals surface area (Å²) in [5.74, 6) is 0.252. The van der Waals surface area contributed by atoms with Gasteiger partial charge in [-0.15, -0.1) is 0 Å². The number of aliphatic hydroxyl groups is 1. The molecule has 1 aromatic rings. The quantitative estimate of drug-likeness (QED) is 0.885. The molecular weight excluding hydrogens is 302 g/mol. The van der Waals surface area contributed by atoms with Crippen LogP contribution in [0.15, 0.2) is 30.3 Å². The van der Waals surface area contributed by atoms with Crippen LogP contribution < -0.4 is 0 Å². The first kappa shape index (κ1) is 17.4. The van der Waals surface area contributed by atoms with Crippen molar-refractivity contribution in [3.05, 3.63) is 35.9 Å². The highest BCUT2D eigenvalue weighted by Gasteiger charge is 2.34. The Hall–Kier alpha value is -1.43. The van der Waals surface area contributed by atoms with Crippen LogP contribution in [0.3, 0.4) is 0 Å². The van der Waals surface area contributed by atoms with E-state index in [9.17, 15) is 9.90 Å². The lowest BCUT2D eigenvalue weighted by Gasteiger charge is -2.40. The smallest absolute Gasteiger partial charge is 0.244 e. The minimum absolute atomic E-state index is 0.169. The SMILES string of the molecule is CC(O)CN1CCN(C(C(=O)N2CCCC2)c2ccccc2)CC1. The van der Waals surface area contributed by atoms with Crippen LogP contribution in [0.5, 0.6) is 0 Å². The second kappa shape index (κ2) is 8.10. The monoisotopic (exact) mass is 331 g/mol. The van der Waals surface area contributed by atoms with Gasteiger partial charge in [-0.05, 0) is 25.3 Å². The Labute approximate surface area is 144 Å². The molecule has 2 aliphatic heterocycles. The van der Waals surface area contributed by atoms with Gasteiger partial charge in [0.1, 0.15) is 6.04 Å². The van der Waals surface area contributed by atoms with Gasteiger partial charge in [0.05, 0.1) is 6.10 Å². The molecule has 0 radical (unpaired) electrons. The normalized spacial score (nSPS) is 22.5. The van der Waals surface area contributed by atoms with Gasteiger partial charge in [-0.2, -0.15) is 0 Å². The van der Waals surface area contributed by atoms with E-state index in [1.165, 1.54) is 0 Å². The van der Waals surface area contributed by atoms with E-state index < -0.39 is 0 Å². The Kier molecular flexibility index (Phi) is 5.87. The van der Waals surface area contributed by atoms with Crippen molar-refractivity contribution in [2.75, 3.05) is 45.8 Å². The van der Waals surface area contributed by atoms with E-state index >= 15 is 0 Å². The van der Waals surface area contributed by atoms with Crippen molar-refractivity contribution in [2.24, 2.45) is 0 Å². The summed E-state index contributed by atoms with van der Waals surface area (Å²) in [6, 6.07) is 10.0. The molecule has 132 valence electrons. The molecule has 0 saturated carbocycles. The molecule has 2 heterocycles. The number of amides is 1. The summed E-state index contributed by atoms with van der Waals surface area (Å²) in [7, 11) is 0. The Morgan fingerprint density at radius 2 is 1.67 bits per heavy atom. The zero-order valence-corrected chi connectivity index (χ0v) is 14.6. The second-order valence-electron chi connectivity index (χ2n) is 7.03. The lowest BCUT2D eigenvalue weighted by molar-refractivity contribution is -0.137. The van der Waals surface area contributed by atoms with Crippen molar-refractivity contribution in [3.8, 4) is 0 Å². The van der Waals surface area contributed by atoms with Crippen LogP contribution in [0.2, 0.25) is 0 Å². The van der Waals surface area contributed by atoms with Crippen LogP contribution in [-0.4, -0.2) is 77.6 Å². The number of benzene rings is 1. The van der Waals surface area contributed by atoms with Crippen molar-refractivity contribution < 1.29 is 9.90 Å². The molecule has 0 aromatic heterocycles. The fraction of sp³-hybridized carbons (Fsp3) is 0.632. The van der Waals surface area contributed by atoms with Gasteiger partial charge in [-0.1, -0.05) is 30.3 Å². The van der Waals surface area contributed by atoms with Crippen molar-refractivity contribution in [2.45, 2.75) is 31.9 Å². The molecular formula is C19H29N3O2. The third kappa shape index (κ3) is 4.15. The van der Waals surface area contributed by atoms with E-state index in [-0.39, 0.29) is 18.1 Å². The average molecular weight is 331 g/mol. The topological polar surface area (TPSA) is 47.0 Å². The summed E-state index contributed by atoms with van der Waals surface area (Å²) in [6.45, 7) is 7.87. The number of piperazine rings is 1. The number of carbonyl (C=O) groups excluding carboxylic acids is 1. The van der Waals surface area contributed by atoms with Crippen LogP contribution in [-0.2, 0) is 4.79 Å². The summed E-state index contributed by atoms with van der Waals surface area (Å²) in [6.07, 6.45) is 1.94. The lowest BCUT2D eigenvalue weighted by atomic mass is 10.0. The van der Waals surface area contributed by atoms with Crippen LogP contribution in [0.1, 0.15) is 31.4 Å². The first-order valence-electron chi connectivity index (χ1n) is 9.13. The summed E-state index contributed by atoms with van der Waals surface area (Å²) in [4.78, 5) is 19.8. The number of likely N-dealkylation sites (tertiary alicyclic amines) is 1. The molecule has 1 aromatic carbocycles. The molecule has 1 N–H and O–H groups in total. The molecule has 1 amide bonds. The zero-order chi connectivity index (χ0) is 16.9. The molecule has 2 saturated heterocycles. The van der Waals surface area contributed by atoms with Crippen molar-refractivity contribution in [1.29, 1.82) is 0 Å². The molecule has 24 heavy (non-hydrogen) atoms. The maximum atomic E-state index is 13.1. The number of hydrogen-bond acceptors (Lipinski definition) is 4. The van der Waals surface area contributed by atoms with E-state index in [0.717, 1.165) is 57.7 Å². The Bertz CT molecular complexity index is 521. The molecule has 0 spiro atoms. The molecule has 2 aliphatic rings. The highest BCUT2D eigenvalue weighted by Crippen LogP contribution is 2.26. The Morgan fingerprint density at radius 3 is 2.25 bits per heavy atom. The number of rotatable bonds is 5. The summed E-state index contributed by atoms with van der Waals surface area (Å²) in [5.41, 5.74) is 1.10. The van der Waals surface area contributed by atoms with Gasteiger partial charge < -0.3 is 10.0 Å². The number of β-amino-alcohol motifs (C(OH)–C–C–N with tert-alkyl or cyclic N) is 1. The maximum absolute atomic E-state index is 13.1. The first-order valence-corrected chi connectivity index (χ1v) is 9.13. The van der Waals surface area contributed by atoms with Crippen LogP contribution >= 0.6 is 0 Å². The lowest BCUT2D eigenvalue weighted by Crippen LogP contribution is -2.52. The Morgan fingerprint density at radius 1 is 1.04 bits per heavy atom. The van der Waals surface area contributed by atoms with Gasteiger partial charge in [-0.3, -0.25) is 14.6 Å². The van der Waals surface area contributed by atoms with Gasteiger partial charge in [0.2, 0.25) is 5.91 Å². The molecule has 3 rings (SSSR count). The molecule has 2 fully saturated rings. The van der Waals surface area contributed by atoms with E-state index in [1.807, 2.05) is 30.0 Å². The largest absolute Gasteiger partial charge is 0.392 e. The summed E-state index contributed by atoms with van der Waals surface area (Å²) in [5, 5.41) is 9.57. The summed E-state index contributed by atoms with van der Waals surface area (Å²) >= 11 is 0. The number of hydrogen-bond donors (Lipinski definition) is 1. The highest BCUT2D eigenvalue weighted by atomic mass is 16.3. The van der Waals surface area contributed by atoms with E-state index in [0.29, 0.717) is 6.54 Å². The second-order valence-corrected chi connectivity index (χ2v) is 7.03. The van der Waals surface area contributed by atoms with Gasteiger partial charge in [-0.25, -0.2) is 0 Å². The third-order valence-corrected chi connectivity index (χ3v) is 5.06. The van der Waals surface area contributed by atoms with Crippen LogP contribution in [0.4, 0.5) is 0 Å².